The van der Waals surface area contributed by atoms with Crippen LogP contribution < -0.4 is 5.32 Å². The summed E-state index contributed by atoms with van der Waals surface area (Å²) in [4.78, 5) is 45.5. The van der Waals surface area contributed by atoms with E-state index in [0.717, 1.165) is 18.6 Å². The van der Waals surface area contributed by atoms with Gasteiger partial charge in [-0.25, -0.2) is 9.97 Å². The van der Waals surface area contributed by atoms with Crippen LogP contribution in [0.15, 0.2) is 48.9 Å². The second-order valence-corrected chi connectivity index (χ2v) is 6.94. The van der Waals surface area contributed by atoms with Gasteiger partial charge in [-0.15, -0.1) is 0 Å². The molecule has 2 aromatic heterocycles. The van der Waals surface area contributed by atoms with Crippen LogP contribution in [-0.2, 0) is 22.6 Å². The summed E-state index contributed by atoms with van der Waals surface area (Å²) in [5.41, 5.74) is 3.01. The van der Waals surface area contributed by atoms with E-state index in [9.17, 15) is 14.4 Å². The lowest BCUT2D eigenvalue weighted by molar-refractivity contribution is -0.138. The van der Waals surface area contributed by atoms with Crippen LogP contribution in [0.3, 0.4) is 0 Å². The summed E-state index contributed by atoms with van der Waals surface area (Å²) in [7, 11) is 0. The number of imide groups is 1. The lowest BCUT2D eigenvalue weighted by Gasteiger charge is -2.13. The number of aryl methyl sites for hydroxylation is 2. The number of nitrogens with zero attached hydrogens (tertiary/aromatic N) is 4. The Morgan fingerprint density at radius 3 is 2.55 bits per heavy atom. The van der Waals surface area contributed by atoms with Gasteiger partial charge in [0.15, 0.2) is 5.65 Å². The van der Waals surface area contributed by atoms with Gasteiger partial charge in [-0.2, -0.15) is 0 Å². The highest BCUT2D eigenvalue weighted by atomic mass is 16.2. The van der Waals surface area contributed by atoms with Crippen LogP contribution in [-0.4, -0.2) is 50.2 Å². The number of carbonyl (C=O) groups is 3. The number of hydrogen-bond acceptors (Lipinski definition) is 5. The number of likely N-dealkylation sites (tertiary alicyclic amines) is 1. The molecule has 1 N–H and O–H groups in total. The molecule has 148 valence electrons. The fraction of sp³-hybridized carbons (Fsp3) is 0.286. The predicted molar refractivity (Wildman–Crippen MR) is 106 cm³/mol. The van der Waals surface area contributed by atoms with Crippen LogP contribution in [0, 0.1) is 0 Å². The highest BCUT2D eigenvalue weighted by molar-refractivity contribution is 6.02. The number of amides is 3. The standard InChI is InChI=1S/C21H21N5O3/c27-18-6-7-19(28)26(18)11-9-22-21(29)16-12-17-20(23-13-16)25(14-24-17)10-8-15-4-2-1-3-5-15/h1-5,12-14H,6-11H2,(H,22,29). The van der Waals surface area contributed by atoms with Crippen molar-refractivity contribution in [3.05, 3.63) is 60.0 Å². The Kier molecular flexibility index (Phi) is 5.33. The van der Waals surface area contributed by atoms with Crippen LogP contribution in [0.2, 0.25) is 0 Å². The van der Waals surface area contributed by atoms with E-state index in [1.54, 1.807) is 12.4 Å². The maximum Gasteiger partial charge on any atom is 0.252 e. The van der Waals surface area contributed by atoms with Crippen LogP contribution >= 0.6 is 0 Å². The molecule has 1 aliphatic heterocycles. The zero-order chi connectivity index (χ0) is 20.2. The van der Waals surface area contributed by atoms with Gasteiger partial charge in [0.05, 0.1) is 11.9 Å². The van der Waals surface area contributed by atoms with Crippen molar-refractivity contribution in [1.82, 2.24) is 24.8 Å². The summed E-state index contributed by atoms with van der Waals surface area (Å²) in [6.45, 7) is 1.14. The highest BCUT2D eigenvalue weighted by Crippen LogP contribution is 2.14. The van der Waals surface area contributed by atoms with Crippen molar-refractivity contribution < 1.29 is 14.4 Å². The van der Waals surface area contributed by atoms with Crippen molar-refractivity contribution in [3.8, 4) is 0 Å². The molecule has 0 radical (unpaired) electrons. The predicted octanol–water partition coefficient (Wildman–Crippen LogP) is 1.55. The number of imidazole rings is 1. The topological polar surface area (TPSA) is 97.2 Å². The molecule has 8 heteroatoms. The first-order valence-corrected chi connectivity index (χ1v) is 9.58. The van der Waals surface area contributed by atoms with Gasteiger partial charge in [0.1, 0.15) is 5.52 Å². The summed E-state index contributed by atoms with van der Waals surface area (Å²) in [5.74, 6) is -0.681. The Morgan fingerprint density at radius 2 is 1.79 bits per heavy atom. The third-order valence-corrected chi connectivity index (χ3v) is 4.98. The van der Waals surface area contributed by atoms with Crippen LogP contribution in [0.1, 0.15) is 28.8 Å². The molecule has 0 aliphatic carbocycles. The summed E-state index contributed by atoms with van der Waals surface area (Å²) in [6, 6.07) is 11.9. The second-order valence-electron chi connectivity index (χ2n) is 6.94. The van der Waals surface area contributed by atoms with E-state index in [-0.39, 0.29) is 43.7 Å². The number of hydrogen-bond donors (Lipinski definition) is 1. The smallest absolute Gasteiger partial charge is 0.252 e. The number of benzene rings is 1. The van der Waals surface area contributed by atoms with Crippen molar-refractivity contribution in [3.63, 3.8) is 0 Å². The molecule has 1 saturated heterocycles. The summed E-state index contributed by atoms with van der Waals surface area (Å²) in [6.07, 6.45) is 4.61. The number of aromatic nitrogens is 3. The van der Waals surface area contributed by atoms with Crippen LogP contribution in [0.5, 0.6) is 0 Å². The first-order valence-electron chi connectivity index (χ1n) is 9.58. The zero-order valence-electron chi connectivity index (χ0n) is 15.9. The van der Waals surface area contributed by atoms with Gasteiger partial charge >= 0.3 is 0 Å². The quantitative estimate of drug-likeness (QED) is 0.617. The third-order valence-electron chi connectivity index (χ3n) is 4.98. The molecular formula is C21H21N5O3. The molecule has 3 amide bonds. The van der Waals surface area contributed by atoms with Gasteiger partial charge < -0.3 is 9.88 Å². The van der Waals surface area contributed by atoms with Gasteiger partial charge in [0.25, 0.3) is 5.91 Å². The number of carbonyl (C=O) groups excluding carboxylic acids is 3. The molecule has 29 heavy (non-hydrogen) atoms. The van der Waals surface area contributed by atoms with E-state index in [1.165, 1.54) is 16.7 Å². The maximum atomic E-state index is 12.4. The fourth-order valence-electron chi connectivity index (χ4n) is 3.39. The molecule has 0 unspecified atom stereocenters. The number of nitrogens with one attached hydrogen (secondary N) is 1. The number of fused-ring (bicyclic) bond motifs is 1. The molecule has 4 rings (SSSR count). The summed E-state index contributed by atoms with van der Waals surface area (Å²) < 4.78 is 1.97. The Bertz CT molecular complexity index is 1040. The second kappa shape index (κ2) is 8.22. The Hall–Kier alpha value is -3.55. The number of rotatable bonds is 7. The van der Waals surface area contributed by atoms with Crippen LogP contribution in [0.25, 0.3) is 11.2 Å². The van der Waals surface area contributed by atoms with E-state index in [2.05, 4.69) is 27.4 Å². The Labute approximate surface area is 167 Å². The molecule has 1 aliphatic rings. The van der Waals surface area contributed by atoms with Crippen molar-refractivity contribution >= 4 is 28.9 Å². The molecule has 0 spiro atoms. The molecule has 3 heterocycles. The van der Waals surface area contributed by atoms with Crippen molar-refractivity contribution in [2.75, 3.05) is 13.1 Å². The maximum absolute atomic E-state index is 12.4. The molecule has 0 atom stereocenters. The minimum Gasteiger partial charge on any atom is -0.350 e. The fourth-order valence-corrected chi connectivity index (χ4v) is 3.39. The third kappa shape index (κ3) is 4.16. The van der Waals surface area contributed by atoms with Gasteiger partial charge in [-0.05, 0) is 18.1 Å². The largest absolute Gasteiger partial charge is 0.350 e. The van der Waals surface area contributed by atoms with Crippen molar-refractivity contribution in [2.45, 2.75) is 25.8 Å². The normalized spacial score (nSPS) is 14.0. The van der Waals surface area contributed by atoms with Gasteiger partial charge in [0, 0.05) is 38.7 Å². The van der Waals surface area contributed by atoms with Crippen LogP contribution in [0.4, 0.5) is 0 Å². The first-order chi connectivity index (χ1) is 14.1. The summed E-state index contributed by atoms with van der Waals surface area (Å²) >= 11 is 0. The monoisotopic (exact) mass is 391 g/mol. The van der Waals surface area contributed by atoms with E-state index in [1.807, 2.05) is 22.8 Å². The molecule has 1 fully saturated rings. The van der Waals surface area contributed by atoms with Crippen molar-refractivity contribution in [1.29, 1.82) is 0 Å². The first kappa shape index (κ1) is 18.8. The molecular weight excluding hydrogens is 370 g/mol. The van der Waals surface area contributed by atoms with E-state index < -0.39 is 0 Å². The summed E-state index contributed by atoms with van der Waals surface area (Å²) in [5, 5.41) is 2.73. The zero-order valence-corrected chi connectivity index (χ0v) is 15.9. The van der Waals surface area contributed by atoms with E-state index >= 15 is 0 Å². The molecule has 1 aromatic carbocycles. The lowest BCUT2D eigenvalue weighted by atomic mass is 10.1. The molecule has 0 bridgehead atoms. The lowest BCUT2D eigenvalue weighted by Crippen LogP contribution is -2.37. The molecule has 8 nitrogen and oxygen atoms in total. The average Bonchev–Trinajstić information content (AvgIpc) is 3.30. The Balaban J connectivity index is 1.36. The Morgan fingerprint density at radius 1 is 1.03 bits per heavy atom. The average molecular weight is 391 g/mol. The minimum atomic E-state index is -0.308. The molecule has 0 saturated carbocycles. The van der Waals surface area contributed by atoms with Gasteiger partial charge in [-0.1, -0.05) is 30.3 Å². The molecule has 3 aromatic rings. The van der Waals surface area contributed by atoms with Gasteiger partial charge in [-0.3, -0.25) is 19.3 Å². The van der Waals surface area contributed by atoms with Gasteiger partial charge in [0.2, 0.25) is 11.8 Å². The number of pyridine rings is 1. The van der Waals surface area contributed by atoms with E-state index in [4.69, 9.17) is 0 Å². The van der Waals surface area contributed by atoms with Crippen molar-refractivity contribution in [2.24, 2.45) is 0 Å². The highest BCUT2D eigenvalue weighted by Gasteiger charge is 2.28. The SMILES string of the molecule is O=C(NCCN1C(=O)CCC1=O)c1cnc2c(c1)ncn2CCc1ccccc1. The minimum absolute atomic E-state index is 0.187. The van der Waals surface area contributed by atoms with E-state index in [0.29, 0.717) is 11.1 Å².